The van der Waals surface area contributed by atoms with Gasteiger partial charge >= 0.3 is 6.18 Å². The summed E-state index contributed by atoms with van der Waals surface area (Å²) in [5, 5.41) is -0.726. The van der Waals surface area contributed by atoms with Gasteiger partial charge < -0.3 is 0 Å². The lowest BCUT2D eigenvalue weighted by atomic mass is 10.1. The second-order valence-corrected chi connectivity index (χ2v) is 12.7. The number of benzene rings is 2. The minimum Gasteiger partial charge on any atom is -0.260 e. The van der Waals surface area contributed by atoms with Crippen LogP contribution in [0.15, 0.2) is 64.5 Å². The monoisotopic (exact) mass is 520 g/mol. The van der Waals surface area contributed by atoms with Gasteiger partial charge in [-0.2, -0.15) is 13.2 Å². The van der Waals surface area contributed by atoms with E-state index in [2.05, 4.69) is 4.72 Å². The van der Waals surface area contributed by atoms with E-state index < -0.39 is 64.4 Å². The van der Waals surface area contributed by atoms with E-state index in [0.717, 1.165) is 12.1 Å². The quantitative estimate of drug-likeness (QED) is 0.557. The zero-order valence-electron chi connectivity index (χ0n) is 16.9. The first-order valence-electron chi connectivity index (χ1n) is 9.80. The summed E-state index contributed by atoms with van der Waals surface area (Å²) in [5.74, 6) is 0.538. The zero-order chi connectivity index (χ0) is 24.0. The second-order valence-electron chi connectivity index (χ2n) is 7.55. The molecule has 0 saturated carbocycles. The molecule has 0 unspecified atom stereocenters. The van der Waals surface area contributed by atoms with Crippen LogP contribution in [0.4, 0.5) is 13.2 Å². The number of aromatic nitrogens is 1. The molecule has 33 heavy (non-hydrogen) atoms. The molecule has 1 fully saturated rings. The molecule has 13 heteroatoms. The Balaban J connectivity index is 1.94. The molecule has 4 rings (SSSR count). The number of alkyl halides is 3. The fourth-order valence-electron chi connectivity index (χ4n) is 3.76. The largest absolute Gasteiger partial charge is 0.417 e. The standard InChI is InChI=1S/C20H19F3N2O5S3/c21-20(22,23)16-7-4-8-17-19(16)18(32(27,28)24-14-9-11-31(26)12-10-14)13-25(17)33(29,30)15-5-2-1-3-6-15/h1-8,13-14,24H,9-12H2. The van der Waals surface area contributed by atoms with Gasteiger partial charge in [-0.15, -0.1) is 0 Å². The van der Waals surface area contributed by atoms with Crippen LogP contribution in [0.2, 0.25) is 0 Å². The molecule has 1 saturated heterocycles. The molecular weight excluding hydrogens is 501 g/mol. The van der Waals surface area contributed by atoms with Gasteiger partial charge in [0.05, 0.1) is 16.0 Å². The molecular formula is C20H19F3N2O5S3. The van der Waals surface area contributed by atoms with Crippen molar-refractivity contribution in [2.24, 2.45) is 0 Å². The van der Waals surface area contributed by atoms with Crippen LogP contribution < -0.4 is 4.72 Å². The summed E-state index contributed by atoms with van der Waals surface area (Å²) in [4.78, 5) is -0.984. The third kappa shape index (κ3) is 4.59. The van der Waals surface area contributed by atoms with E-state index in [4.69, 9.17) is 0 Å². The molecule has 0 spiro atoms. The SMILES string of the molecule is O=S1CCC(NS(=O)(=O)c2cn(S(=O)(=O)c3ccccc3)c3cccc(C(F)(F)F)c23)CC1. The molecule has 1 aromatic heterocycles. The Hall–Kier alpha value is -2.22. The van der Waals surface area contributed by atoms with Crippen molar-refractivity contribution >= 4 is 41.7 Å². The van der Waals surface area contributed by atoms with Gasteiger partial charge in [0.2, 0.25) is 10.0 Å². The maximum absolute atomic E-state index is 13.8. The number of rotatable bonds is 5. The summed E-state index contributed by atoms with van der Waals surface area (Å²) in [6.45, 7) is 0. The van der Waals surface area contributed by atoms with Gasteiger partial charge in [0.15, 0.2) is 0 Å². The van der Waals surface area contributed by atoms with Gasteiger partial charge in [-0.3, -0.25) is 4.21 Å². The number of sulfonamides is 1. The number of nitrogens with zero attached hydrogens (tertiary/aromatic N) is 1. The molecule has 2 heterocycles. The Kier molecular flexibility index (Phi) is 6.18. The summed E-state index contributed by atoms with van der Waals surface area (Å²) >= 11 is 0. The van der Waals surface area contributed by atoms with Crippen LogP contribution in [0, 0.1) is 0 Å². The van der Waals surface area contributed by atoms with Crippen LogP contribution in [0.3, 0.4) is 0 Å². The molecule has 0 atom stereocenters. The average molecular weight is 521 g/mol. The van der Waals surface area contributed by atoms with Gasteiger partial charge in [0, 0.05) is 39.9 Å². The molecule has 3 aromatic rings. The zero-order valence-corrected chi connectivity index (χ0v) is 19.4. The summed E-state index contributed by atoms with van der Waals surface area (Å²) < 4.78 is 109. The number of fused-ring (bicyclic) bond motifs is 1. The van der Waals surface area contributed by atoms with Gasteiger partial charge in [-0.05, 0) is 37.1 Å². The Labute approximate surface area is 191 Å². The van der Waals surface area contributed by atoms with E-state index in [0.29, 0.717) is 16.2 Å². The highest BCUT2D eigenvalue weighted by Gasteiger charge is 2.38. The summed E-state index contributed by atoms with van der Waals surface area (Å²) in [5.41, 5.74) is -1.66. The smallest absolute Gasteiger partial charge is 0.260 e. The van der Waals surface area contributed by atoms with E-state index in [9.17, 15) is 34.2 Å². The van der Waals surface area contributed by atoms with Crippen molar-refractivity contribution in [2.75, 3.05) is 11.5 Å². The lowest BCUT2D eigenvalue weighted by molar-refractivity contribution is -0.136. The van der Waals surface area contributed by atoms with Crippen LogP contribution in [-0.2, 0) is 37.0 Å². The predicted molar refractivity (Wildman–Crippen MR) is 117 cm³/mol. The molecule has 0 amide bonds. The third-order valence-corrected chi connectivity index (χ3v) is 9.97. The van der Waals surface area contributed by atoms with E-state index in [1.165, 1.54) is 24.3 Å². The Bertz CT molecular complexity index is 1420. The van der Waals surface area contributed by atoms with E-state index in [-0.39, 0.29) is 29.2 Å². The Morgan fingerprint density at radius 3 is 2.18 bits per heavy atom. The molecule has 2 aromatic carbocycles. The number of hydrogen-bond donors (Lipinski definition) is 1. The van der Waals surface area contributed by atoms with Crippen molar-refractivity contribution in [3.05, 3.63) is 60.3 Å². The first-order valence-corrected chi connectivity index (χ1v) is 14.2. The lowest BCUT2D eigenvalue weighted by Crippen LogP contribution is -2.39. The van der Waals surface area contributed by atoms with E-state index in [1.54, 1.807) is 6.07 Å². The van der Waals surface area contributed by atoms with Crippen LogP contribution >= 0.6 is 0 Å². The Morgan fingerprint density at radius 1 is 0.939 bits per heavy atom. The van der Waals surface area contributed by atoms with Crippen molar-refractivity contribution in [1.82, 2.24) is 8.69 Å². The molecule has 178 valence electrons. The molecule has 0 aliphatic carbocycles. The van der Waals surface area contributed by atoms with Crippen molar-refractivity contribution in [3.63, 3.8) is 0 Å². The number of halogens is 3. The molecule has 0 bridgehead atoms. The first kappa shape index (κ1) is 23.9. The maximum atomic E-state index is 13.8. The van der Waals surface area contributed by atoms with E-state index >= 15 is 0 Å². The van der Waals surface area contributed by atoms with Gasteiger partial charge in [-0.1, -0.05) is 24.3 Å². The van der Waals surface area contributed by atoms with Crippen molar-refractivity contribution in [3.8, 4) is 0 Å². The topological polar surface area (TPSA) is 102 Å². The number of hydrogen-bond acceptors (Lipinski definition) is 5. The fraction of sp³-hybridized carbons (Fsp3) is 0.300. The minimum atomic E-state index is -4.92. The van der Waals surface area contributed by atoms with Crippen LogP contribution in [0.25, 0.3) is 10.9 Å². The summed E-state index contributed by atoms with van der Waals surface area (Å²) in [6.07, 6.45) is -3.68. The lowest BCUT2D eigenvalue weighted by Gasteiger charge is -2.22. The van der Waals surface area contributed by atoms with E-state index in [1.807, 2.05) is 0 Å². The number of nitrogens with one attached hydrogen (secondary N) is 1. The normalized spacial score (nSPS) is 20.2. The summed E-state index contributed by atoms with van der Waals surface area (Å²) in [6, 6.07) is 9.27. The van der Waals surface area contributed by atoms with Crippen LogP contribution in [0.5, 0.6) is 0 Å². The molecule has 0 radical (unpaired) electrons. The molecule has 1 N–H and O–H groups in total. The highest BCUT2D eigenvalue weighted by molar-refractivity contribution is 7.91. The van der Waals surface area contributed by atoms with Gasteiger partial charge in [0.25, 0.3) is 10.0 Å². The van der Waals surface area contributed by atoms with Gasteiger partial charge in [0.1, 0.15) is 4.90 Å². The van der Waals surface area contributed by atoms with Crippen molar-refractivity contribution in [2.45, 2.75) is 34.9 Å². The Morgan fingerprint density at radius 2 is 1.58 bits per heavy atom. The molecule has 1 aliphatic rings. The van der Waals surface area contributed by atoms with Crippen molar-refractivity contribution < 1.29 is 34.2 Å². The van der Waals surface area contributed by atoms with Crippen LogP contribution in [0.1, 0.15) is 18.4 Å². The highest BCUT2D eigenvalue weighted by Crippen LogP contribution is 2.39. The molecule has 7 nitrogen and oxygen atoms in total. The fourth-order valence-corrected chi connectivity index (χ4v) is 8.04. The highest BCUT2D eigenvalue weighted by atomic mass is 32.2. The predicted octanol–water partition coefficient (Wildman–Crippen LogP) is 3.09. The van der Waals surface area contributed by atoms with Crippen LogP contribution in [-0.4, -0.2) is 42.6 Å². The first-order chi connectivity index (χ1) is 15.4. The third-order valence-electron chi connectivity index (χ3n) is 5.37. The second kappa shape index (κ2) is 8.53. The average Bonchev–Trinajstić information content (AvgIpc) is 3.17. The van der Waals surface area contributed by atoms with Gasteiger partial charge in [-0.25, -0.2) is 25.5 Å². The van der Waals surface area contributed by atoms with Crippen molar-refractivity contribution in [1.29, 1.82) is 0 Å². The summed E-state index contributed by atoms with van der Waals surface area (Å²) in [7, 11) is -10.0. The molecule has 1 aliphatic heterocycles. The maximum Gasteiger partial charge on any atom is 0.417 e. The minimum absolute atomic E-state index is 0.203.